The second-order valence-electron chi connectivity index (χ2n) is 4.00. The van der Waals surface area contributed by atoms with Crippen LogP contribution in [0.4, 0.5) is 8.78 Å². The molecule has 0 N–H and O–H groups in total. The summed E-state index contributed by atoms with van der Waals surface area (Å²) in [5, 5.41) is 0.203. The van der Waals surface area contributed by atoms with E-state index in [0.717, 1.165) is 11.3 Å². The van der Waals surface area contributed by atoms with Gasteiger partial charge in [-0.05, 0) is 18.6 Å². The number of alkyl halides is 2. The number of rotatable bonds is 5. The van der Waals surface area contributed by atoms with Crippen molar-refractivity contribution in [3.8, 4) is 0 Å². The standard InChI is InChI=1S/C12H15ClF2N2O/c1-3-4-9-5-8(6-10(13)16-9)12(18)17(2)7-11(14)15/h5-6,11H,3-4,7H2,1-2H3. The smallest absolute Gasteiger partial charge is 0.255 e. The fourth-order valence-electron chi connectivity index (χ4n) is 1.57. The van der Waals surface area contributed by atoms with E-state index in [4.69, 9.17) is 11.6 Å². The van der Waals surface area contributed by atoms with Crippen LogP contribution in [0.25, 0.3) is 0 Å². The lowest BCUT2D eigenvalue weighted by Crippen LogP contribution is -2.31. The van der Waals surface area contributed by atoms with Gasteiger partial charge < -0.3 is 4.90 Å². The fraction of sp³-hybridized carbons (Fsp3) is 0.500. The van der Waals surface area contributed by atoms with Crippen molar-refractivity contribution in [2.75, 3.05) is 13.6 Å². The van der Waals surface area contributed by atoms with Crippen molar-refractivity contribution in [1.29, 1.82) is 0 Å². The Morgan fingerprint density at radius 3 is 2.72 bits per heavy atom. The molecule has 1 aromatic heterocycles. The second kappa shape index (κ2) is 6.64. The van der Waals surface area contributed by atoms with Gasteiger partial charge in [0.25, 0.3) is 12.3 Å². The highest BCUT2D eigenvalue weighted by atomic mass is 35.5. The molecule has 0 atom stereocenters. The van der Waals surface area contributed by atoms with E-state index >= 15 is 0 Å². The van der Waals surface area contributed by atoms with Gasteiger partial charge in [-0.3, -0.25) is 4.79 Å². The molecule has 0 saturated carbocycles. The average molecular weight is 277 g/mol. The maximum absolute atomic E-state index is 12.2. The maximum atomic E-state index is 12.2. The van der Waals surface area contributed by atoms with Crippen LogP contribution in [0.2, 0.25) is 5.15 Å². The third kappa shape index (κ3) is 4.22. The van der Waals surface area contributed by atoms with E-state index in [1.54, 1.807) is 6.07 Å². The highest BCUT2D eigenvalue weighted by Gasteiger charge is 2.17. The van der Waals surface area contributed by atoms with Crippen molar-refractivity contribution in [3.63, 3.8) is 0 Å². The molecule has 0 saturated heterocycles. The lowest BCUT2D eigenvalue weighted by molar-refractivity contribution is 0.0620. The molecule has 0 bridgehead atoms. The van der Waals surface area contributed by atoms with Crippen LogP contribution in [0.15, 0.2) is 12.1 Å². The van der Waals surface area contributed by atoms with E-state index in [9.17, 15) is 13.6 Å². The van der Waals surface area contributed by atoms with Gasteiger partial charge in [-0.15, -0.1) is 0 Å². The molecular weight excluding hydrogens is 262 g/mol. The van der Waals surface area contributed by atoms with E-state index in [1.807, 2.05) is 6.92 Å². The van der Waals surface area contributed by atoms with Gasteiger partial charge in [0, 0.05) is 18.3 Å². The zero-order valence-corrected chi connectivity index (χ0v) is 11.0. The molecule has 1 rings (SSSR count). The number of halogens is 3. The Hall–Kier alpha value is -1.23. The van der Waals surface area contributed by atoms with E-state index in [0.29, 0.717) is 17.7 Å². The van der Waals surface area contributed by atoms with Crippen LogP contribution < -0.4 is 0 Å². The molecule has 0 spiro atoms. The molecule has 6 heteroatoms. The number of aromatic nitrogens is 1. The first-order valence-corrected chi connectivity index (χ1v) is 6.02. The predicted octanol–water partition coefficient (Wildman–Crippen LogP) is 3.02. The van der Waals surface area contributed by atoms with Crippen molar-refractivity contribution in [1.82, 2.24) is 9.88 Å². The van der Waals surface area contributed by atoms with Gasteiger partial charge in [-0.1, -0.05) is 24.9 Å². The Morgan fingerprint density at radius 1 is 1.50 bits per heavy atom. The monoisotopic (exact) mass is 276 g/mol. The van der Waals surface area contributed by atoms with Crippen LogP contribution in [-0.2, 0) is 6.42 Å². The minimum Gasteiger partial charge on any atom is -0.336 e. The first-order valence-electron chi connectivity index (χ1n) is 5.64. The zero-order chi connectivity index (χ0) is 13.7. The summed E-state index contributed by atoms with van der Waals surface area (Å²) in [6.45, 7) is 1.38. The highest BCUT2D eigenvalue weighted by Crippen LogP contribution is 2.14. The Labute approximate surface area is 110 Å². The van der Waals surface area contributed by atoms with Crippen molar-refractivity contribution in [3.05, 3.63) is 28.5 Å². The molecule has 0 aliphatic rings. The van der Waals surface area contributed by atoms with Crippen LogP contribution in [-0.4, -0.2) is 35.8 Å². The van der Waals surface area contributed by atoms with Crippen molar-refractivity contribution >= 4 is 17.5 Å². The molecule has 18 heavy (non-hydrogen) atoms. The molecule has 0 aromatic carbocycles. The van der Waals surface area contributed by atoms with Gasteiger partial charge in [0.1, 0.15) is 5.15 Å². The zero-order valence-electron chi connectivity index (χ0n) is 10.3. The average Bonchev–Trinajstić information content (AvgIpc) is 2.26. The third-order valence-corrected chi connectivity index (χ3v) is 2.55. The summed E-state index contributed by atoms with van der Waals surface area (Å²) in [6, 6.07) is 2.99. The van der Waals surface area contributed by atoms with Gasteiger partial charge >= 0.3 is 0 Å². The number of aryl methyl sites for hydroxylation is 1. The first kappa shape index (κ1) is 14.8. The van der Waals surface area contributed by atoms with E-state index in [2.05, 4.69) is 4.98 Å². The van der Waals surface area contributed by atoms with Gasteiger partial charge in [0.05, 0.1) is 6.54 Å². The Morgan fingerprint density at radius 2 is 2.17 bits per heavy atom. The summed E-state index contributed by atoms with van der Waals surface area (Å²) in [6.07, 6.45) is -0.987. The third-order valence-electron chi connectivity index (χ3n) is 2.36. The number of hydrogen-bond acceptors (Lipinski definition) is 2. The summed E-state index contributed by atoms with van der Waals surface area (Å²) < 4.78 is 24.4. The van der Waals surface area contributed by atoms with Crippen LogP contribution >= 0.6 is 11.6 Å². The molecule has 3 nitrogen and oxygen atoms in total. The summed E-state index contributed by atoms with van der Waals surface area (Å²) in [7, 11) is 1.34. The summed E-state index contributed by atoms with van der Waals surface area (Å²) in [5.74, 6) is -0.475. The molecule has 0 radical (unpaired) electrons. The molecule has 1 heterocycles. The fourth-order valence-corrected chi connectivity index (χ4v) is 1.80. The molecular formula is C12H15ClF2N2O. The van der Waals surface area contributed by atoms with Gasteiger partial charge in [0.15, 0.2) is 0 Å². The van der Waals surface area contributed by atoms with Gasteiger partial charge in [-0.25, -0.2) is 13.8 Å². The number of pyridine rings is 1. The molecule has 0 aliphatic carbocycles. The minimum absolute atomic E-state index is 0.203. The molecule has 0 aliphatic heterocycles. The molecule has 1 amide bonds. The lowest BCUT2D eigenvalue weighted by Gasteiger charge is -2.17. The summed E-state index contributed by atoms with van der Waals surface area (Å²) in [4.78, 5) is 16.9. The second-order valence-corrected chi connectivity index (χ2v) is 4.38. The largest absolute Gasteiger partial charge is 0.336 e. The Balaban J connectivity index is 2.91. The Bertz CT molecular complexity index is 427. The van der Waals surface area contributed by atoms with Crippen LogP contribution in [0.1, 0.15) is 29.4 Å². The van der Waals surface area contributed by atoms with E-state index in [-0.39, 0.29) is 5.15 Å². The SMILES string of the molecule is CCCc1cc(C(=O)N(C)CC(F)F)cc(Cl)n1. The Kier molecular flexibility index (Phi) is 5.47. The van der Waals surface area contributed by atoms with Crippen LogP contribution in [0.3, 0.4) is 0 Å². The predicted molar refractivity (Wildman–Crippen MR) is 66.2 cm³/mol. The number of carbonyl (C=O) groups is 1. The molecule has 1 aromatic rings. The summed E-state index contributed by atoms with van der Waals surface area (Å²) >= 11 is 5.81. The molecule has 100 valence electrons. The highest BCUT2D eigenvalue weighted by molar-refractivity contribution is 6.29. The minimum atomic E-state index is -2.55. The van der Waals surface area contributed by atoms with Crippen molar-refractivity contribution in [2.45, 2.75) is 26.2 Å². The van der Waals surface area contributed by atoms with Crippen LogP contribution in [0, 0.1) is 0 Å². The van der Waals surface area contributed by atoms with Crippen molar-refractivity contribution < 1.29 is 13.6 Å². The van der Waals surface area contributed by atoms with Gasteiger partial charge in [-0.2, -0.15) is 0 Å². The summed E-state index contributed by atoms with van der Waals surface area (Å²) in [5.41, 5.74) is 0.986. The number of hydrogen-bond donors (Lipinski definition) is 0. The maximum Gasteiger partial charge on any atom is 0.255 e. The number of carbonyl (C=O) groups excluding carboxylic acids is 1. The van der Waals surface area contributed by atoms with Gasteiger partial charge in [0.2, 0.25) is 0 Å². The lowest BCUT2D eigenvalue weighted by atomic mass is 10.1. The number of nitrogens with zero attached hydrogens (tertiary/aromatic N) is 2. The van der Waals surface area contributed by atoms with E-state index in [1.165, 1.54) is 13.1 Å². The first-order chi connectivity index (χ1) is 8.43. The van der Waals surface area contributed by atoms with Crippen LogP contribution in [0.5, 0.6) is 0 Å². The molecule has 0 fully saturated rings. The molecule has 0 unspecified atom stereocenters. The number of amides is 1. The van der Waals surface area contributed by atoms with E-state index < -0.39 is 18.9 Å². The quantitative estimate of drug-likeness (QED) is 0.775. The normalized spacial score (nSPS) is 10.8. The topological polar surface area (TPSA) is 33.2 Å². The van der Waals surface area contributed by atoms with Crippen molar-refractivity contribution in [2.24, 2.45) is 0 Å².